The molecule has 1 aliphatic heterocycles. The Morgan fingerprint density at radius 2 is 1.97 bits per heavy atom. The molecule has 2 aromatic rings. The van der Waals surface area contributed by atoms with E-state index in [-0.39, 0.29) is 29.9 Å². The number of furan rings is 1. The lowest BCUT2D eigenvalue weighted by Crippen LogP contribution is -2.54. The van der Waals surface area contributed by atoms with Gasteiger partial charge in [-0.1, -0.05) is 23.7 Å². The molecule has 0 aliphatic carbocycles. The summed E-state index contributed by atoms with van der Waals surface area (Å²) < 4.78 is 10.8. The van der Waals surface area contributed by atoms with Crippen LogP contribution in [0.3, 0.4) is 0 Å². The van der Waals surface area contributed by atoms with E-state index in [1.807, 2.05) is 41.3 Å². The number of rotatable bonds is 8. The van der Waals surface area contributed by atoms with Gasteiger partial charge in [-0.15, -0.1) is 24.0 Å². The molecule has 1 N–H and O–H groups in total. The minimum Gasteiger partial charge on any atom is -0.467 e. The molecule has 0 spiro atoms. The number of guanidine groups is 1. The summed E-state index contributed by atoms with van der Waals surface area (Å²) in [7, 11) is 1.78. The molecule has 1 aliphatic rings. The Hall–Kier alpha value is -1.78. The van der Waals surface area contributed by atoms with Gasteiger partial charge < -0.3 is 24.3 Å². The van der Waals surface area contributed by atoms with Gasteiger partial charge in [0, 0.05) is 51.4 Å². The third-order valence-electron chi connectivity index (χ3n) is 4.96. The number of nitrogens with one attached hydrogen (secondary N) is 1. The fraction of sp³-hybridized carbons (Fsp3) is 0.455. The molecule has 0 saturated carbocycles. The lowest BCUT2D eigenvalue weighted by Gasteiger charge is -2.36. The van der Waals surface area contributed by atoms with Gasteiger partial charge >= 0.3 is 0 Å². The largest absolute Gasteiger partial charge is 0.467 e. The third-order valence-corrected chi connectivity index (χ3v) is 5.20. The molecule has 0 unspecified atom stereocenters. The first-order valence-corrected chi connectivity index (χ1v) is 10.6. The number of hydrogen-bond donors (Lipinski definition) is 1. The maximum atomic E-state index is 12.6. The zero-order chi connectivity index (χ0) is 21.2. The number of piperazine rings is 1. The molecule has 1 aromatic heterocycles. The summed E-state index contributed by atoms with van der Waals surface area (Å²) in [6.07, 6.45) is 2.90. The van der Waals surface area contributed by atoms with Crippen LogP contribution in [-0.4, -0.2) is 68.0 Å². The van der Waals surface area contributed by atoms with Crippen LogP contribution in [0.1, 0.15) is 17.7 Å². The Labute approximate surface area is 205 Å². The van der Waals surface area contributed by atoms with Gasteiger partial charge in [0.25, 0.3) is 0 Å². The topological polar surface area (TPSA) is 70.3 Å². The SMILES string of the molecule is CN=C(NCCCOCc1ccco1)N1CCN(C(=O)Cc2cccc(Cl)c2)CC1.I. The number of aliphatic imine (C=N–C) groups is 1. The van der Waals surface area contributed by atoms with E-state index in [0.717, 1.165) is 43.3 Å². The molecule has 1 amide bonds. The second-order valence-electron chi connectivity index (χ2n) is 7.13. The van der Waals surface area contributed by atoms with Gasteiger partial charge in [0.1, 0.15) is 12.4 Å². The number of amides is 1. The van der Waals surface area contributed by atoms with Crippen molar-refractivity contribution >= 4 is 47.4 Å². The lowest BCUT2D eigenvalue weighted by molar-refractivity contribution is -0.131. The van der Waals surface area contributed by atoms with Crippen molar-refractivity contribution in [2.75, 3.05) is 46.4 Å². The van der Waals surface area contributed by atoms with Crippen molar-refractivity contribution < 1.29 is 13.9 Å². The van der Waals surface area contributed by atoms with Crippen LogP contribution >= 0.6 is 35.6 Å². The highest BCUT2D eigenvalue weighted by Crippen LogP contribution is 2.13. The minimum atomic E-state index is 0. The first kappa shape index (κ1) is 25.5. The highest BCUT2D eigenvalue weighted by Gasteiger charge is 2.23. The summed E-state index contributed by atoms with van der Waals surface area (Å²) in [4.78, 5) is 21.1. The first-order valence-electron chi connectivity index (χ1n) is 10.2. The summed E-state index contributed by atoms with van der Waals surface area (Å²) in [5.74, 6) is 1.83. The zero-order valence-corrected chi connectivity index (χ0v) is 20.8. The summed E-state index contributed by atoms with van der Waals surface area (Å²) >= 11 is 6.01. The smallest absolute Gasteiger partial charge is 0.227 e. The number of halogens is 2. The van der Waals surface area contributed by atoms with Crippen LogP contribution in [0.2, 0.25) is 5.02 Å². The van der Waals surface area contributed by atoms with Crippen LogP contribution in [0.25, 0.3) is 0 Å². The normalized spacial score (nSPS) is 14.3. The molecule has 31 heavy (non-hydrogen) atoms. The van der Waals surface area contributed by atoms with Crippen molar-refractivity contribution in [1.82, 2.24) is 15.1 Å². The van der Waals surface area contributed by atoms with E-state index in [1.165, 1.54) is 0 Å². The number of nitrogens with zero attached hydrogens (tertiary/aromatic N) is 3. The Bertz CT molecular complexity index is 824. The molecule has 7 nitrogen and oxygen atoms in total. The van der Waals surface area contributed by atoms with Crippen molar-refractivity contribution in [3.63, 3.8) is 0 Å². The maximum Gasteiger partial charge on any atom is 0.227 e. The Kier molecular flexibility index (Phi) is 11.2. The quantitative estimate of drug-likeness (QED) is 0.232. The Morgan fingerprint density at radius 1 is 1.19 bits per heavy atom. The number of carbonyl (C=O) groups excluding carboxylic acids is 1. The molecular formula is C22H30ClIN4O3. The number of hydrogen-bond acceptors (Lipinski definition) is 4. The molecule has 2 heterocycles. The molecule has 9 heteroatoms. The van der Waals surface area contributed by atoms with Crippen LogP contribution in [-0.2, 0) is 22.6 Å². The van der Waals surface area contributed by atoms with E-state index in [2.05, 4.69) is 15.2 Å². The van der Waals surface area contributed by atoms with Gasteiger partial charge in [-0.05, 0) is 36.2 Å². The van der Waals surface area contributed by atoms with Crippen LogP contribution in [0.5, 0.6) is 0 Å². The van der Waals surface area contributed by atoms with Gasteiger partial charge in [0.05, 0.1) is 12.7 Å². The van der Waals surface area contributed by atoms with E-state index < -0.39 is 0 Å². The average Bonchev–Trinajstić information content (AvgIpc) is 3.27. The van der Waals surface area contributed by atoms with Gasteiger partial charge in [0.15, 0.2) is 5.96 Å². The van der Waals surface area contributed by atoms with E-state index in [1.54, 1.807) is 13.3 Å². The molecule has 0 bridgehead atoms. The number of benzene rings is 1. The van der Waals surface area contributed by atoms with Crippen LogP contribution in [0.15, 0.2) is 52.1 Å². The second kappa shape index (κ2) is 13.6. The van der Waals surface area contributed by atoms with Crippen molar-refractivity contribution in [1.29, 1.82) is 0 Å². The molecule has 1 fully saturated rings. The third kappa shape index (κ3) is 8.34. The molecule has 1 aromatic carbocycles. The first-order chi connectivity index (χ1) is 14.7. The summed E-state index contributed by atoms with van der Waals surface area (Å²) in [6, 6.07) is 11.2. The van der Waals surface area contributed by atoms with E-state index >= 15 is 0 Å². The molecular weight excluding hydrogens is 531 g/mol. The fourth-order valence-electron chi connectivity index (χ4n) is 3.38. The second-order valence-corrected chi connectivity index (χ2v) is 7.57. The predicted molar refractivity (Wildman–Crippen MR) is 133 cm³/mol. The highest BCUT2D eigenvalue weighted by atomic mass is 127. The van der Waals surface area contributed by atoms with Gasteiger partial charge in [-0.2, -0.15) is 0 Å². The zero-order valence-electron chi connectivity index (χ0n) is 17.8. The molecule has 1 saturated heterocycles. The summed E-state index contributed by atoms with van der Waals surface area (Å²) in [5.41, 5.74) is 0.946. The number of carbonyl (C=O) groups is 1. The minimum absolute atomic E-state index is 0. The lowest BCUT2D eigenvalue weighted by atomic mass is 10.1. The molecule has 0 atom stereocenters. The van der Waals surface area contributed by atoms with Crippen molar-refractivity contribution in [2.24, 2.45) is 4.99 Å². The standard InChI is InChI=1S/C22H29ClN4O3.HI/c1-24-22(25-8-4-13-29-17-20-7-3-14-30-20)27-11-9-26(10-12-27)21(28)16-18-5-2-6-19(23)15-18;/h2-3,5-7,14-15H,4,8-13,16-17H2,1H3,(H,24,25);1H. The summed E-state index contributed by atoms with van der Waals surface area (Å²) in [5, 5.41) is 4.04. The number of ether oxygens (including phenoxy) is 1. The van der Waals surface area contributed by atoms with E-state index in [4.69, 9.17) is 20.8 Å². The predicted octanol–water partition coefficient (Wildman–Crippen LogP) is 3.42. The van der Waals surface area contributed by atoms with Gasteiger partial charge in [-0.3, -0.25) is 9.79 Å². The summed E-state index contributed by atoms with van der Waals surface area (Å²) in [6.45, 7) is 4.81. The van der Waals surface area contributed by atoms with Crippen LogP contribution < -0.4 is 5.32 Å². The molecule has 3 rings (SSSR count). The fourth-order valence-corrected chi connectivity index (χ4v) is 3.59. The van der Waals surface area contributed by atoms with Crippen molar-refractivity contribution in [2.45, 2.75) is 19.4 Å². The van der Waals surface area contributed by atoms with Crippen LogP contribution in [0, 0.1) is 0 Å². The Morgan fingerprint density at radius 3 is 2.65 bits per heavy atom. The van der Waals surface area contributed by atoms with Crippen molar-refractivity contribution in [3.05, 3.63) is 59.0 Å². The van der Waals surface area contributed by atoms with E-state index in [9.17, 15) is 4.79 Å². The van der Waals surface area contributed by atoms with Crippen molar-refractivity contribution in [3.8, 4) is 0 Å². The van der Waals surface area contributed by atoms with Gasteiger partial charge in [0.2, 0.25) is 5.91 Å². The maximum absolute atomic E-state index is 12.6. The average molecular weight is 561 g/mol. The highest BCUT2D eigenvalue weighted by molar-refractivity contribution is 14.0. The van der Waals surface area contributed by atoms with Gasteiger partial charge in [-0.25, -0.2) is 0 Å². The Balaban J connectivity index is 0.00000341. The molecule has 170 valence electrons. The molecule has 0 radical (unpaired) electrons. The van der Waals surface area contributed by atoms with E-state index in [0.29, 0.717) is 37.7 Å². The van der Waals surface area contributed by atoms with Crippen LogP contribution in [0.4, 0.5) is 0 Å². The monoisotopic (exact) mass is 560 g/mol.